The summed E-state index contributed by atoms with van der Waals surface area (Å²) in [5.74, 6) is 1.96. The first-order chi connectivity index (χ1) is 9.54. The highest BCUT2D eigenvalue weighted by Crippen LogP contribution is 2.32. The van der Waals surface area contributed by atoms with Crippen LogP contribution in [-0.4, -0.2) is 16.2 Å². The molecule has 4 nitrogen and oxygen atoms in total. The van der Waals surface area contributed by atoms with Gasteiger partial charge in [-0.2, -0.15) is 10.4 Å². The Balaban J connectivity index is 2.25. The van der Waals surface area contributed by atoms with Crippen molar-refractivity contribution in [3.63, 3.8) is 0 Å². The van der Waals surface area contributed by atoms with Gasteiger partial charge in [-0.25, -0.2) is 0 Å². The maximum Gasteiger partial charge on any atom is 0.167 e. The Labute approximate surface area is 121 Å². The second-order valence-electron chi connectivity index (χ2n) is 6.19. The van der Waals surface area contributed by atoms with E-state index >= 15 is 0 Å². The van der Waals surface area contributed by atoms with E-state index in [1.165, 1.54) is 19.3 Å². The summed E-state index contributed by atoms with van der Waals surface area (Å²) in [5.41, 5.74) is 2.41. The van der Waals surface area contributed by atoms with Crippen LogP contribution in [0.25, 0.3) is 0 Å². The van der Waals surface area contributed by atoms with Gasteiger partial charge in [-0.3, -0.25) is 0 Å². The molecule has 1 aliphatic rings. The second kappa shape index (κ2) is 6.21. The molecule has 0 aliphatic heterocycles. The minimum absolute atomic E-state index is 0.409. The minimum Gasteiger partial charge on any atom is -0.364 e. The molecule has 1 aromatic rings. The molecule has 0 spiro atoms. The summed E-state index contributed by atoms with van der Waals surface area (Å²) in [6, 6.07) is 2.68. The largest absolute Gasteiger partial charge is 0.364 e. The fraction of sp³-hybridized carbons (Fsp3) is 0.688. The van der Waals surface area contributed by atoms with Crippen LogP contribution < -0.4 is 5.32 Å². The Morgan fingerprint density at radius 2 is 1.90 bits per heavy atom. The molecule has 4 heteroatoms. The van der Waals surface area contributed by atoms with Gasteiger partial charge in [0.05, 0.1) is 5.69 Å². The van der Waals surface area contributed by atoms with Gasteiger partial charge in [-0.05, 0) is 44.1 Å². The summed E-state index contributed by atoms with van der Waals surface area (Å²) in [7, 11) is 0. The van der Waals surface area contributed by atoms with Gasteiger partial charge in [0.15, 0.2) is 5.82 Å². The van der Waals surface area contributed by atoms with Crippen LogP contribution in [0.4, 0.5) is 5.82 Å². The predicted molar refractivity (Wildman–Crippen MR) is 80.4 cm³/mol. The zero-order valence-corrected chi connectivity index (χ0v) is 12.9. The second-order valence-corrected chi connectivity index (χ2v) is 6.19. The van der Waals surface area contributed by atoms with Crippen molar-refractivity contribution in [3.05, 3.63) is 16.8 Å². The summed E-state index contributed by atoms with van der Waals surface area (Å²) in [6.45, 7) is 8.39. The van der Waals surface area contributed by atoms with Crippen molar-refractivity contribution >= 4 is 5.82 Å². The first kappa shape index (κ1) is 14.8. The number of hydrogen-bond donors (Lipinski definition) is 1. The molecule has 2 rings (SSSR count). The molecule has 2 atom stereocenters. The maximum atomic E-state index is 9.37. The molecule has 1 heterocycles. The molecule has 0 saturated heterocycles. The van der Waals surface area contributed by atoms with Gasteiger partial charge in [0.1, 0.15) is 11.6 Å². The molecule has 0 amide bonds. The van der Waals surface area contributed by atoms with E-state index in [1.807, 2.05) is 13.8 Å². The summed E-state index contributed by atoms with van der Waals surface area (Å²) in [4.78, 5) is 0. The summed E-state index contributed by atoms with van der Waals surface area (Å²) >= 11 is 0. The van der Waals surface area contributed by atoms with E-state index in [0.29, 0.717) is 29.3 Å². The van der Waals surface area contributed by atoms with Crippen molar-refractivity contribution in [1.82, 2.24) is 10.2 Å². The highest BCUT2D eigenvalue weighted by Gasteiger charge is 2.28. The molecule has 1 N–H and O–H groups in total. The summed E-state index contributed by atoms with van der Waals surface area (Å²) < 4.78 is 0. The van der Waals surface area contributed by atoms with Crippen LogP contribution >= 0.6 is 0 Å². The lowest BCUT2D eigenvalue weighted by Crippen LogP contribution is -2.36. The van der Waals surface area contributed by atoms with Crippen molar-refractivity contribution in [2.75, 3.05) is 5.32 Å². The Bertz CT molecular complexity index is 516. The van der Waals surface area contributed by atoms with Crippen molar-refractivity contribution < 1.29 is 0 Å². The van der Waals surface area contributed by atoms with E-state index in [0.717, 1.165) is 17.7 Å². The number of nitriles is 1. The van der Waals surface area contributed by atoms with Gasteiger partial charge in [-0.1, -0.05) is 26.7 Å². The molecule has 20 heavy (non-hydrogen) atoms. The Morgan fingerprint density at radius 1 is 1.20 bits per heavy atom. The molecule has 1 saturated carbocycles. The lowest BCUT2D eigenvalue weighted by atomic mass is 9.78. The van der Waals surface area contributed by atoms with E-state index in [2.05, 4.69) is 35.4 Å². The molecule has 0 radical (unpaired) electrons. The normalized spacial score (nSPS) is 22.6. The van der Waals surface area contributed by atoms with E-state index in [-0.39, 0.29) is 0 Å². The summed E-state index contributed by atoms with van der Waals surface area (Å²) in [5, 5.41) is 21.2. The zero-order valence-electron chi connectivity index (χ0n) is 12.9. The third-order valence-electron chi connectivity index (χ3n) is 4.56. The van der Waals surface area contributed by atoms with Gasteiger partial charge >= 0.3 is 0 Å². The van der Waals surface area contributed by atoms with E-state index in [4.69, 9.17) is 0 Å². The average molecular weight is 272 g/mol. The molecule has 0 aromatic carbocycles. The van der Waals surface area contributed by atoms with E-state index in [1.54, 1.807) is 0 Å². The number of hydrogen-bond acceptors (Lipinski definition) is 4. The molecule has 108 valence electrons. The van der Waals surface area contributed by atoms with Gasteiger partial charge in [0.25, 0.3) is 0 Å². The molecule has 1 aromatic heterocycles. The van der Waals surface area contributed by atoms with Crippen LogP contribution in [0.5, 0.6) is 0 Å². The molecular weight excluding hydrogens is 248 g/mol. The number of aryl methyl sites for hydroxylation is 1. The third kappa shape index (κ3) is 2.92. The lowest BCUT2D eigenvalue weighted by Gasteiger charge is -2.35. The SMILES string of the molecule is Cc1nnc(NC2CCCCC2C(C)C)c(C#N)c1C. The predicted octanol–water partition coefficient (Wildman–Crippen LogP) is 3.59. The number of aromatic nitrogens is 2. The topological polar surface area (TPSA) is 61.6 Å². The Kier molecular flexibility index (Phi) is 4.59. The fourth-order valence-corrected chi connectivity index (χ4v) is 3.16. The van der Waals surface area contributed by atoms with Gasteiger partial charge in [0.2, 0.25) is 0 Å². The average Bonchev–Trinajstić information content (AvgIpc) is 2.43. The zero-order chi connectivity index (χ0) is 14.7. The van der Waals surface area contributed by atoms with Crippen molar-refractivity contribution in [2.24, 2.45) is 11.8 Å². The molecule has 1 fully saturated rings. The standard InChI is InChI=1S/C16H24N4/c1-10(2)13-7-5-6-8-15(13)18-16-14(9-17)11(3)12(4)19-20-16/h10,13,15H,5-8H2,1-4H3,(H,18,20). The first-order valence-electron chi connectivity index (χ1n) is 7.55. The van der Waals surface area contributed by atoms with Crippen LogP contribution in [-0.2, 0) is 0 Å². The van der Waals surface area contributed by atoms with Crippen molar-refractivity contribution in [3.8, 4) is 6.07 Å². The molecule has 1 aliphatic carbocycles. The number of nitrogens with one attached hydrogen (secondary N) is 1. The highest BCUT2D eigenvalue weighted by atomic mass is 15.2. The highest BCUT2D eigenvalue weighted by molar-refractivity contribution is 5.56. The Morgan fingerprint density at radius 3 is 2.55 bits per heavy atom. The number of rotatable bonds is 3. The van der Waals surface area contributed by atoms with E-state index in [9.17, 15) is 5.26 Å². The van der Waals surface area contributed by atoms with Crippen molar-refractivity contribution in [1.29, 1.82) is 5.26 Å². The lowest BCUT2D eigenvalue weighted by molar-refractivity contribution is 0.253. The number of anilines is 1. The molecule has 2 unspecified atom stereocenters. The minimum atomic E-state index is 0.409. The third-order valence-corrected chi connectivity index (χ3v) is 4.56. The smallest absolute Gasteiger partial charge is 0.167 e. The monoisotopic (exact) mass is 272 g/mol. The van der Waals surface area contributed by atoms with Gasteiger partial charge < -0.3 is 5.32 Å². The Hall–Kier alpha value is -1.63. The van der Waals surface area contributed by atoms with E-state index < -0.39 is 0 Å². The fourth-order valence-electron chi connectivity index (χ4n) is 3.16. The number of nitrogens with zero attached hydrogens (tertiary/aromatic N) is 3. The quantitative estimate of drug-likeness (QED) is 0.913. The van der Waals surface area contributed by atoms with Crippen molar-refractivity contribution in [2.45, 2.75) is 59.4 Å². The summed E-state index contributed by atoms with van der Waals surface area (Å²) in [6.07, 6.45) is 4.98. The van der Waals surface area contributed by atoms with Crippen LogP contribution in [0.2, 0.25) is 0 Å². The molecule has 0 bridgehead atoms. The van der Waals surface area contributed by atoms with Gasteiger partial charge in [-0.15, -0.1) is 5.10 Å². The van der Waals surface area contributed by atoms with Crippen LogP contribution in [0.3, 0.4) is 0 Å². The van der Waals surface area contributed by atoms with Crippen LogP contribution in [0.1, 0.15) is 56.4 Å². The van der Waals surface area contributed by atoms with Crippen LogP contribution in [0, 0.1) is 37.0 Å². The molecular formula is C16H24N4. The first-order valence-corrected chi connectivity index (χ1v) is 7.55. The maximum absolute atomic E-state index is 9.37. The van der Waals surface area contributed by atoms with Crippen LogP contribution in [0.15, 0.2) is 0 Å². The van der Waals surface area contributed by atoms with Gasteiger partial charge in [0, 0.05) is 6.04 Å².